The predicted octanol–water partition coefficient (Wildman–Crippen LogP) is 4.55. The Kier molecular flexibility index (Phi) is 4.18. The summed E-state index contributed by atoms with van der Waals surface area (Å²) in [5.41, 5.74) is 2.95. The number of aliphatic imine (C=N–C) groups is 1. The van der Waals surface area contributed by atoms with E-state index in [1.54, 1.807) is 11.8 Å². The molecule has 3 heterocycles. The summed E-state index contributed by atoms with van der Waals surface area (Å²) >= 11 is 3.04. The molecule has 0 aliphatic carbocycles. The van der Waals surface area contributed by atoms with Crippen LogP contribution < -0.4 is 5.32 Å². The molecule has 5 nitrogen and oxygen atoms in total. The van der Waals surface area contributed by atoms with Gasteiger partial charge in [-0.3, -0.25) is 9.79 Å². The second-order valence-electron chi connectivity index (χ2n) is 6.37. The van der Waals surface area contributed by atoms with Crippen molar-refractivity contribution < 1.29 is 4.79 Å². The van der Waals surface area contributed by atoms with Gasteiger partial charge >= 0.3 is 0 Å². The van der Waals surface area contributed by atoms with E-state index in [0.29, 0.717) is 11.6 Å². The molecule has 0 atom stereocenters. The Balaban J connectivity index is 1.29. The normalized spacial score (nSPS) is 15.6. The highest BCUT2D eigenvalue weighted by atomic mass is 32.2. The molecule has 134 valence electrons. The molecule has 0 spiro atoms. The molecule has 1 aromatic heterocycles. The average molecular weight is 393 g/mol. The van der Waals surface area contributed by atoms with Gasteiger partial charge < -0.3 is 10.2 Å². The molecule has 2 aromatic carbocycles. The van der Waals surface area contributed by atoms with Gasteiger partial charge in [0.2, 0.25) is 5.91 Å². The van der Waals surface area contributed by atoms with Crippen LogP contribution in [0.3, 0.4) is 0 Å². The lowest BCUT2D eigenvalue weighted by molar-refractivity contribution is -0.115. The van der Waals surface area contributed by atoms with E-state index in [0.717, 1.165) is 35.2 Å². The number of anilines is 1. The second-order valence-corrected chi connectivity index (χ2v) is 8.06. The number of amidine groups is 1. The third-order valence-corrected chi connectivity index (χ3v) is 6.29. The Morgan fingerprint density at radius 3 is 3.00 bits per heavy atom. The zero-order valence-corrected chi connectivity index (χ0v) is 16.0. The molecule has 0 fully saturated rings. The van der Waals surface area contributed by atoms with E-state index in [4.69, 9.17) is 0 Å². The molecule has 0 unspecified atom stereocenters. The van der Waals surface area contributed by atoms with Crippen LogP contribution in [0.4, 0.5) is 5.13 Å². The summed E-state index contributed by atoms with van der Waals surface area (Å²) in [6, 6.07) is 14.6. The molecule has 0 saturated heterocycles. The fraction of sp³-hybridized carbons (Fsp3) is 0.150. The number of benzene rings is 2. The number of fused-ring (bicyclic) bond motifs is 2. The molecule has 0 radical (unpaired) electrons. The lowest BCUT2D eigenvalue weighted by Gasteiger charge is -2.15. The molecule has 2 aliphatic heterocycles. The number of thioether (sulfide) groups is 1. The third kappa shape index (κ3) is 3.24. The molecular weight excluding hydrogens is 376 g/mol. The Labute approximate surface area is 164 Å². The van der Waals surface area contributed by atoms with Gasteiger partial charge in [0.25, 0.3) is 0 Å². The van der Waals surface area contributed by atoms with Crippen LogP contribution >= 0.6 is 23.1 Å². The molecule has 1 amide bonds. The van der Waals surface area contributed by atoms with E-state index in [2.05, 4.69) is 50.5 Å². The van der Waals surface area contributed by atoms with Crippen LogP contribution in [0.25, 0.3) is 22.0 Å². The van der Waals surface area contributed by atoms with E-state index in [1.165, 1.54) is 22.1 Å². The van der Waals surface area contributed by atoms with Crippen molar-refractivity contribution in [2.24, 2.45) is 4.99 Å². The minimum absolute atomic E-state index is 0.0468. The minimum atomic E-state index is -0.0468. The van der Waals surface area contributed by atoms with E-state index in [1.807, 2.05) is 22.9 Å². The van der Waals surface area contributed by atoms with Crippen LogP contribution in [-0.2, 0) is 4.79 Å². The first-order valence-corrected chi connectivity index (χ1v) is 10.4. The summed E-state index contributed by atoms with van der Waals surface area (Å²) in [6.45, 7) is 1.67. The summed E-state index contributed by atoms with van der Waals surface area (Å²) in [6.07, 6.45) is 0.344. The van der Waals surface area contributed by atoms with Crippen molar-refractivity contribution in [3.05, 3.63) is 58.9 Å². The Bertz CT molecular complexity index is 1100. The average Bonchev–Trinajstić information content (AvgIpc) is 3.40. The van der Waals surface area contributed by atoms with Gasteiger partial charge in [-0.05, 0) is 22.2 Å². The summed E-state index contributed by atoms with van der Waals surface area (Å²) in [5.74, 6) is -0.0468. The first-order chi connectivity index (χ1) is 13.3. The zero-order valence-electron chi connectivity index (χ0n) is 14.4. The Morgan fingerprint density at radius 2 is 2.07 bits per heavy atom. The van der Waals surface area contributed by atoms with E-state index < -0.39 is 0 Å². The molecule has 3 aromatic rings. The number of nitrogens with one attached hydrogen (secondary N) is 1. The minimum Gasteiger partial charge on any atom is -0.322 e. The van der Waals surface area contributed by atoms with E-state index >= 15 is 0 Å². The van der Waals surface area contributed by atoms with Gasteiger partial charge in [-0.15, -0.1) is 11.3 Å². The number of nitrogens with zero attached hydrogens (tertiary/aromatic N) is 3. The van der Waals surface area contributed by atoms with Crippen LogP contribution in [0.5, 0.6) is 0 Å². The largest absolute Gasteiger partial charge is 0.322 e. The number of rotatable bonds is 4. The van der Waals surface area contributed by atoms with Crippen LogP contribution in [0.1, 0.15) is 6.42 Å². The molecule has 0 bridgehead atoms. The summed E-state index contributed by atoms with van der Waals surface area (Å²) < 4.78 is 0. The van der Waals surface area contributed by atoms with Gasteiger partial charge in [0.1, 0.15) is 0 Å². The van der Waals surface area contributed by atoms with Crippen molar-refractivity contribution in [3.8, 4) is 11.3 Å². The van der Waals surface area contributed by atoms with E-state index in [9.17, 15) is 4.79 Å². The smallest absolute Gasteiger partial charge is 0.232 e. The highest BCUT2D eigenvalue weighted by Gasteiger charge is 2.27. The predicted molar refractivity (Wildman–Crippen MR) is 113 cm³/mol. The lowest BCUT2D eigenvalue weighted by Crippen LogP contribution is -2.24. The van der Waals surface area contributed by atoms with E-state index in [-0.39, 0.29) is 5.91 Å². The molecule has 0 saturated carbocycles. The number of carbonyl (C=O) groups is 1. The summed E-state index contributed by atoms with van der Waals surface area (Å²) in [7, 11) is 0. The number of carbonyl (C=O) groups excluding carboxylic acids is 1. The van der Waals surface area contributed by atoms with Crippen molar-refractivity contribution in [1.82, 2.24) is 9.88 Å². The SMILES string of the molecule is O=C(CC1=CSC2=NCCN12)Nc1nc(-c2ccc3ccccc3c2)cs1. The van der Waals surface area contributed by atoms with Gasteiger partial charge in [-0.25, -0.2) is 4.98 Å². The Morgan fingerprint density at radius 1 is 1.19 bits per heavy atom. The summed E-state index contributed by atoms with van der Waals surface area (Å²) in [5, 5.41) is 10.9. The number of hydrogen-bond acceptors (Lipinski definition) is 6. The number of amides is 1. The van der Waals surface area contributed by atoms with Crippen LogP contribution in [0.2, 0.25) is 0 Å². The fourth-order valence-corrected chi connectivity index (χ4v) is 4.95. The number of hydrogen-bond donors (Lipinski definition) is 1. The quantitative estimate of drug-likeness (QED) is 0.708. The molecule has 7 heteroatoms. The molecule has 27 heavy (non-hydrogen) atoms. The highest BCUT2D eigenvalue weighted by Crippen LogP contribution is 2.32. The molecular formula is C20H16N4OS2. The van der Waals surface area contributed by atoms with Crippen LogP contribution in [-0.4, -0.2) is 34.0 Å². The lowest BCUT2D eigenvalue weighted by atomic mass is 10.1. The van der Waals surface area contributed by atoms with Gasteiger partial charge in [0, 0.05) is 23.2 Å². The van der Waals surface area contributed by atoms with Gasteiger partial charge in [-0.2, -0.15) is 0 Å². The van der Waals surface area contributed by atoms with Crippen molar-refractivity contribution in [2.45, 2.75) is 6.42 Å². The topological polar surface area (TPSA) is 57.6 Å². The van der Waals surface area contributed by atoms with Crippen molar-refractivity contribution in [1.29, 1.82) is 0 Å². The standard InChI is InChI=1S/C20H16N4OS2/c25-18(10-16-11-27-20-21-7-8-24(16)20)23-19-22-17(12-26-19)15-6-5-13-3-1-2-4-14(13)9-15/h1-6,9,11-12H,7-8,10H2,(H,22,23,25). The highest BCUT2D eigenvalue weighted by molar-refractivity contribution is 8.16. The zero-order chi connectivity index (χ0) is 18.2. The second kappa shape index (κ2) is 6.83. The maximum Gasteiger partial charge on any atom is 0.232 e. The first kappa shape index (κ1) is 16.5. The van der Waals surface area contributed by atoms with Crippen LogP contribution in [0, 0.1) is 0 Å². The monoisotopic (exact) mass is 392 g/mol. The first-order valence-electron chi connectivity index (χ1n) is 8.68. The number of thiazole rings is 1. The van der Waals surface area contributed by atoms with Crippen molar-refractivity contribution in [2.75, 3.05) is 18.4 Å². The molecule has 2 aliphatic rings. The maximum absolute atomic E-state index is 12.4. The summed E-state index contributed by atoms with van der Waals surface area (Å²) in [4.78, 5) is 23.5. The van der Waals surface area contributed by atoms with Crippen molar-refractivity contribution >= 4 is 50.1 Å². The van der Waals surface area contributed by atoms with Crippen molar-refractivity contribution in [3.63, 3.8) is 0 Å². The number of aromatic nitrogens is 1. The molecule has 5 rings (SSSR count). The van der Waals surface area contributed by atoms with Gasteiger partial charge in [-0.1, -0.05) is 48.2 Å². The maximum atomic E-state index is 12.4. The molecule has 1 N–H and O–H groups in total. The fourth-order valence-electron chi connectivity index (χ4n) is 3.26. The Hall–Kier alpha value is -2.64. The van der Waals surface area contributed by atoms with Gasteiger partial charge in [0.05, 0.1) is 18.7 Å². The van der Waals surface area contributed by atoms with Gasteiger partial charge in [0.15, 0.2) is 10.3 Å². The van der Waals surface area contributed by atoms with Crippen LogP contribution in [0.15, 0.2) is 63.9 Å². The third-order valence-electron chi connectivity index (χ3n) is 4.59.